The van der Waals surface area contributed by atoms with Gasteiger partial charge in [0.05, 0.1) is 0 Å². The third kappa shape index (κ3) is 3.76. The van der Waals surface area contributed by atoms with Gasteiger partial charge >= 0.3 is 0 Å². The van der Waals surface area contributed by atoms with Crippen molar-refractivity contribution in [1.82, 2.24) is 5.32 Å². The number of thioether (sulfide) groups is 1. The van der Waals surface area contributed by atoms with Crippen LogP contribution in [-0.2, 0) is 6.42 Å². The minimum absolute atomic E-state index is 0.643. The van der Waals surface area contributed by atoms with E-state index in [1.54, 1.807) is 0 Å². The smallest absolute Gasteiger partial charge is 0.0260 e. The molecule has 0 spiro atoms. The predicted octanol–water partition coefficient (Wildman–Crippen LogP) is 4.12. The summed E-state index contributed by atoms with van der Waals surface area (Å²) in [4.78, 5) is 1.49. The highest BCUT2D eigenvalue weighted by Gasteiger charge is 2.21. The van der Waals surface area contributed by atoms with E-state index < -0.39 is 0 Å². The van der Waals surface area contributed by atoms with Crippen LogP contribution in [0.5, 0.6) is 0 Å². The van der Waals surface area contributed by atoms with E-state index >= 15 is 0 Å². The van der Waals surface area contributed by atoms with Crippen molar-refractivity contribution in [3.05, 3.63) is 29.8 Å². The maximum atomic E-state index is 3.70. The second kappa shape index (κ2) is 6.63. The average Bonchev–Trinajstić information content (AvgIpc) is 2.79. The van der Waals surface area contributed by atoms with Crippen molar-refractivity contribution < 1.29 is 0 Å². The number of rotatable bonds is 6. The molecule has 2 rings (SSSR count). The van der Waals surface area contributed by atoms with E-state index in [-0.39, 0.29) is 0 Å². The summed E-state index contributed by atoms with van der Waals surface area (Å²) in [7, 11) is 0. The highest BCUT2D eigenvalue weighted by atomic mass is 32.2. The molecule has 0 fully saturated rings. The third-order valence-electron chi connectivity index (χ3n) is 3.86. The lowest BCUT2D eigenvalue weighted by molar-refractivity contribution is 0.413. The predicted molar refractivity (Wildman–Crippen MR) is 81.3 cm³/mol. The van der Waals surface area contributed by atoms with Crippen LogP contribution in [-0.4, -0.2) is 17.8 Å². The lowest BCUT2D eigenvalue weighted by Crippen LogP contribution is -2.33. The van der Waals surface area contributed by atoms with E-state index in [4.69, 9.17) is 0 Å². The van der Waals surface area contributed by atoms with Crippen LogP contribution in [0.2, 0.25) is 0 Å². The Morgan fingerprint density at radius 2 is 2.11 bits per heavy atom. The molecule has 3 atom stereocenters. The van der Waals surface area contributed by atoms with Gasteiger partial charge in [-0.25, -0.2) is 0 Å². The van der Waals surface area contributed by atoms with Crippen LogP contribution in [0.3, 0.4) is 0 Å². The van der Waals surface area contributed by atoms with E-state index in [1.165, 1.54) is 29.7 Å². The number of nitrogens with one attached hydrogen (secondary N) is 1. The van der Waals surface area contributed by atoms with E-state index in [0.29, 0.717) is 6.04 Å². The Labute approximate surface area is 116 Å². The molecule has 0 bridgehead atoms. The Bertz CT molecular complexity index is 352. The molecule has 1 N–H and O–H groups in total. The van der Waals surface area contributed by atoms with Gasteiger partial charge in [-0.2, -0.15) is 0 Å². The molecular weight excluding hydrogens is 238 g/mol. The molecule has 0 aliphatic carbocycles. The molecule has 0 aromatic heterocycles. The van der Waals surface area contributed by atoms with Crippen LogP contribution in [0.15, 0.2) is 29.2 Å². The summed E-state index contributed by atoms with van der Waals surface area (Å²) in [6, 6.07) is 9.46. The van der Waals surface area contributed by atoms with Gasteiger partial charge in [-0.05, 0) is 37.3 Å². The third-order valence-corrected chi connectivity index (χ3v) is 5.18. The first kappa shape index (κ1) is 14.0. The van der Waals surface area contributed by atoms with Crippen molar-refractivity contribution in [3.63, 3.8) is 0 Å². The summed E-state index contributed by atoms with van der Waals surface area (Å²) in [5, 5.41) is 4.43. The van der Waals surface area contributed by atoms with Crippen LogP contribution in [0.1, 0.15) is 39.2 Å². The van der Waals surface area contributed by atoms with Gasteiger partial charge in [0.15, 0.2) is 0 Å². The molecule has 1 aliphatic heterocycles. The lowest BCUT2D eigenvalue weighted by atomic mass is 10.0. The second-order valence-electron chi connectivity index (χ2n) is 5.61. The normalized spacial score (nSPS) is 21.6. The molecular formula is C16H25NS. The zero-order chi connectivity index (χ0) is 13.0. The number of hydrogen-bond acceptors (Lipinski definition) is 2. The Morgan fingerprint density at radius 1 is 1.33 bits per heavy atom. The number of hydrogen-bond donors (Lipinski definition) is 1. The lowest BCUT2D eigenvalue weighted by Gasteiger charge is -2.19. The molecule has 0 radical (unpaired) electrons. The summed E-state index contributed by atoms with van der Waals surface area (Å²) < 4.78 is 0. The van der Waals surface area contributed by atoms with Crippen molar-refractivity contribution in [2.45, 2.75) is 56.2 Å². The maximum absolute atomic E-state index is 3.70. The second-order valence-corrected chi connectivity index (χ2v) is 6.95. The van der Waals surface area contributed by atoms with Gasteiger partial charge < -0.3 is 5.32 Å². The Kier molecular flexibility index (Phi) is 5.13. The van der Waals surface area contributed by atoms with Crippen LogP contribution >= 0.6 is 11.8 Å². The first-order valence-corrected chi connectivity index (χ1v) is 8.05. The van der Waals surface area contributed by atoms with Gasteiger partial charge in [0.2, 0.25) is 0 Å². The van der Waals surface area contributed by atoms with Gasteiger partial charge in [0, 0.05) is 22.7 Å². The molecule has 0 saturated heterocycles. The molecule has 18 heavy (non-hydrogen) atoms. The standard InChI is InChI=1S/C16H25NS/c1-4-12(2)9-13(3)17-11-15-10-14-7-5-6-8-16(14)18-15/h5-8,12-13,15,17H,4,9-11H2,1-3H3. The summed E-state index contributed by atoms with van der Waals surface area (Å²) in [5.74, 6) is 0.834. The van der Waals surface area contributed by atoms with Crippen molar-refractivity contribution in [2.24, 2.45) is 5.92 Å². The zero-order valence-electron chi connectivity index (χ0n) is 11.8. The molecule has 1 heterocycles. The number of benzene rings is 1. The Balaban J connectivity index is 1.73. The molecule has 1 aromatic carbocycles. The maximum Gasteiger partial charge on any atom is 0.0260 e. The molecule has 3 unspecified atom stereocenters. The minimum Gasteiger partial charge on any atom is -0.313 e. The largest absolute Gasteiger partial charge is 0.313 e. The molecule has 1 aliphatic rings. The molecule has 0 amide bonds. The molecule has 1 nitrogen and oxygen atoms in total. The highest BCUT2D eigenvalue weighted by molar-refractivity contribution is 8.00. The van der Waals surface area contributed by atoms with Crippen LogP contribution in [0.4, 0.5) is 0 Å². The first-order chi connectivity index (χ1) is 8.69. The first-order valence-electron chi connectivity index (χ1n) is 7.17. The van der Waals surface area contributed by atoms with Gasteiger partial charge in [0.25, 0.3) is 0 Å². The van der Waals surface area contributed by atoms with Gasteiger partial charge in [0.1, 0.15) is 0 Å². The quantitative estimate of drug-likeness (QED) is 0.828. The summed E-state index contributed by atoms with van der Waals surface area (Å²) in [6.45, 7) is 8.08. The Morgan fingerprint density at radius 3 is 2.83 bits per heavy atom. The van der Waals surface area contributed by atoms with Crippen LogP contribution in [0.25, 0.3) is 0 Å². The van der Waals surface area contributed by atoms with E-state index in [0.717, 1.165) is 17.7 Å². The molecule has 2 heteroatoms. The van der Waals surface area contributed by atoms with Crippen molar-refractivity contribution in [3.8, 4) is 0 Å². The monoisotopic (exact) mass is 263 g/mol. The SMILES string of the molecule is CCC(C)CC(C)NCC1Cc2ccccc2S1. The van der Waals surface area contributed by atoms with Crippen molar-refractivity contribution in [2.75, 3.05) is 6.54 Å². The van der Waals surface area contributed by atoms with Crippen molar-refractivity contribution >= 4 is 11.8 Å². The van der Waals surface area contributed by atoms with E-state index in [2.05, 4.69) is 50.4 Å². The fourth-order valence-electron chi connectivity index (χ4n) is 2.55. The average molecular weight is 263 g/mol. The summed E-state index contributed by atoms with van der Waals surface area (Å²) >= 11 is 2.04. The van der Waals surface area contributed by atoms with Crippen LogP contribution < -0.4 is 5.32 Å². The fourth-order valence-corrected chi connectivity index (χ4v) is 3.82. The van der Waals surface area contributed by atoms with Crippen molar-refractivity contribution in [1.29, 1.82) is 0 Å². The zero-order valence-corrected chi connectivity index (χ0v) is 12.6. The molecule has 100 valence electrons. The van der Waals surface area contributed by atoms with E-state index in [1.807, 2.05) is 11.8 Å². The fraction of sp³-hybridized carbons (Fsp3) is 0.625. The van der Waals surface area contributed by atoms with E-state index in [9.17, 15) is 0 Å². The van der Waals surface area contributed by atoms with Crippen LogP contribution in [0, 0.1) is 5.92 Å². The molecule has 0 saturated carbocycles. The summed E-state index contributed by atoms with van der Waals surface area (Å²) in [6.07, 6.45) is 3.81. The Hall–Kier alpha value is -0.470. The molecule has 1 aromatic rings. The number of fused-ring (bicyclic) bond motifs is 1. The minimum atomic E-state index is 0.643. The van der Waals surface area contributed by atoms with Gasteiger partial charge in [-0.3, -0.25) is 0 Å². The van der Waals surface area contributed by atoms with Gasteiger partial charge in [-0.15, -0.1) is 11.8 Å². The van der Waals surface area contributed by atoms with Gasteiger partial charge in [-0.1, -0.05) is 38.5 Å². The highest BCUT2D eigenvalue weighted by Crippen LogP contribution is 2.36. The topological polar surface area (TPSA) is 12.0 Å². The summed E-state index contributed by atoms with van der Waals surface area (Å²) in [5.41, 5.74) is 1.53.